The number of hydrogen-bond acceptors (Lipinski definition) is 6. The molecule has 1 amide bonds. The molecule has 1 N–H and O–H groups in total. The number of H-pyrrole nitrogens is 1. The van der Waals surface area contributed by atoms with Gasteiger partial charge >= 0.3 is 11.9 Å². The van der Waals surface area contributed by atoms with Crippen LogP contribution in [-0.2, 0) is 23.9 Å². The van der Waals surface area contributed by atoms with Crippen LogP contribution in [0, 0.1) is 5.92 Å². The molecule has 8 heteroatoms. The number of hydrazone groups is 1. The molecule has 0 saturated heterocycles. The molecule has 26 heavy (non-hydrogen) atoms. The number of aromatic amines is 1. The third-order valence-corrected chi connectivity index (χ3v) is 3.37. The second-order valence-corrected chi connectivity index (χ2v) is 5.95. The standard InChI is InChI=1S/C18H27N3O5/c1-5-25-16(23)11-15(22)21(10-8-13(3)4)20-17(18(24)26-6-2)14-7-9-19-12-14/h7,9,12-13,19H,5-6,8,10-11H2,1-4H3. The second kappa shape index (κ2) is 11.1. The van der Waals surface area contributed by atoms with Crippen molar-refractivity contribution in [2.75, 3.05) is 19.8 Å². The quantitative estimate of drug-likeness (QED) is 0.296. The number of aromatic nitrogens is 1. The van der Waals surface area contributed by atoms with Gasteiger partial charge in [-0.05, 0) is 32.3 Å². The lowest BCUT2D eigenvalue weighted by molar-refractivity contribution is -0.148. The summed E-state index contributed by atoms with van der Waals surface area (Å²) in [5.41, 5.74) is 0.510. The molecule has 144 valence electrons. The first-order valence-electron chi connectivity index (χ1n) is 8.73. The Kier molecular flexibility index (Phi) is 9.11. The highest BCUT2D eigenvalue weighted by Crippen LogP contribution is 2.09. The van der Waals surface area contributed by atoms with Crippen molar-refractivity contribution >= 4 is 23.6 Å². The lowest BCUT2D eigenvalue weighted by Crippen LogP contribution is -2.33. The van der Waals surface area contributed by atoms with Gasteiger partial charge in [0.15, 0.2) is 5.71 Å². The molecule has 0 radical (unpaired) electrons. The van der Waals surface area contributed by atoms with Crippen LogP contribution in [0.3, 0.4) is 0 Å². The van der Waals surface area contributed by atoms with Crippen molar-refractivity contribution < 1.29 is 23.9 Å². The van der Waals surface area contributed by atoms with E-state index in [0.29, 0.717) is 17.9 Å². The van der Waals surface area contributed by atoms with Crippen LogP contribution in [-0.4, -0.2) is 53.3 Å². The lowest BCUT2D eigenvalue weighted by atomic mass is 10.1. The number of esters is 2. The molecule has 0 aliphatic heterocycles. The number of carbonyl (C=O) groups excluding carboxylic acids is 3. The summed E-state index contributed by atoms with van der Waals surface area (Å²) in [6.07, 6.45) is 3.47. The van der Waals surface area contributed by atoms with Gasteiger partial charge in [-0.2, -0.15) is 5.10 Å². The van der Waals surface area contributed by atoms with Crippen molar-refractivity contribution in [3.05, 3.63) is 24.0 Å². The van der Waals surface area contributed by atoms with Crippen LogP contribution in [0.15, 0.2) is 23.6 Å². The van der Waals surface area contributed by atoms with E-state index in [2.05, 4.69) is 10.1 Å². The molecule has 0 spiro atoms. The summed E-state index contributed by atoms with van der Waals surface area (Å²) in [6, 6.07) is 1.66. The summed E-state index contributed by atoms with van der Waals surface area (Å²) in [6.45, 7) is 8.04. The van der Waals surface area contributed by atoms with E-state index in [1.807, 2.05) is 13.8 Å². The molecule has 0 aromatic carbocycles. The predicted octanol–water partition coefficient (Wildman–Crippen LogP) is 2.11. The molecular weight excluding hydrogens is 338 g/mol. The zero-order chi connectivity index (χ0) is 19.5. The molecule has 1 aromatic rings. The molecule has 0 aliphatic carbocycles. The highest BCUT2D eigenvalue weighted by Gasteiger charge is 2.23. The number of rotatable bonds is 10. The van der Waals surface area contributed by atoms with Crippen LogP contribution < -0.4 is 0 Å². The maximum atomic E-state index is 12.5. The summed E-state index contributed by atoms with van der Waals surface area (Å²) in [5.74, 6) is -1.46. The molecule has 0 fully saturated rings. The van der Waals surface area contributed by atoms with Crippen LogP contribution in [0.4, 0.5) is 0 Å². The van der Waals surface area contributed by atoms with E-state index in [1.165, 1.54) is 0 Å². The largest absolute Gasteiger partial charge is 0.466 e. The van der Waals surface area contributed by atoms with Gasteiger partial charge in [0.2, 0.25) is 0 Å². The highest BCUT2D eigenvalue weighted by molar-refractivity contribution is 6.43. The van der Waals surface area contributed by atoms with Gasteiger partial charge in [0.1, 0.15) is 6.42 Å². The van der Waals surface area contributed by atoms with E-state index in [4.69, 9.17) is 9.47 Å². The summed E-state index contributed by atoms with van der Waals surface area (Å²) >= 11 is 0. The first-order valence-corrected chi connectivity index (χ1v) is 8.73. The molecule has 0 saturated carbocycles. The van der Waals surface area contributed by atoms with Crippen LogP contribution in [0.5, 0.6) is 0 Å². The van der Waals surface area contributed by atoms with E-state index in [0.717, 1.165) is 5.01 Å². The number of ether oxygens (including phenoxy) is 2. The average Bonchev–Trinajstić information content (AvgIpc) is 3.09. The van der Waals surface area contributed by atoms with Gasteiger partial charge < -0.3 is 14.5 Å². The van der Waals surface area contributed by atoms with Crippen molar-refractivity contribution in [3.63, 3.8) is 0 Å². The first-order chi connectivity index (χ1) is 12.4. The molecule has 1 heterocycles. The summed E-state index contributed by atoms with van der Waals surface area (Å²) in [7, 11) is 0. The van der Waals surface area contributed by atoms with Crippen molar-refractivity contribution in [1.82, 2.24) is 9.99 Å². The Morgan fingerprint density at radius 1 is 1.19 bits per heavy atom. The minimum Gasteiger partial charge on any atom is -0.466 e. The summed E-state index contributed by atoms with van der Waals surface area (Å²) in [4.78, 5) is 39.2. The van der Waals surface area contributed by atoms with Crippen LogP contribution >= 0.6 is 0 Å². The van der Waals surface area contributed by atoms with Crippen molar-refractivity contribution in [2.45, 2.75) is 40.5 Å². The first kappa shape index (κ1) is 21.4. The minimum atomic E-state index is -0.634. The van der Waals surface area contributed by atoms with E-state index < -0.39 is 24.3 Å². The zero-order valence-electron chi connectivity index (χ0n) is 15.8. The highest BCUT2D eigenvalue weighted by atomic mass is 16.5. The van der Waals surface area contributed by atoms with Crippen molar-refractivity contribution in [3.8, 4) is 0 Å². The summed E-state index contributed by atoms with van der Waals surface area (Å²) < 4.78 is 9.86. The fourth-order valence-corrected chi connectivity index (χ4v) is 2.05. The molecular formula is C18H27N3O5. The molecule has 0 aliphatic rings. The number of nitrogens with zero attached hydrogens (tertiary/aromatic N) is 2. The monoisotopic (exact) mass is 365 g/mol. The Bertz CT molecular complexity index is 623. The van der Waals surface area contributed by atoms with E-state index in [9.17, 15) is 14.4 Å². The maximum Gasteiger partial charge on any atom is 0.359 e. The number of carbonyl (C=O) groups is 3. The Morgan fingerprint density at radius 3 is 2.42 bits per heavy atom. The predicted molar refractivity (Wildman–Crippen MR) is 96.4 cm³/mol. The van der Waals surface area contributed by atoms with Gasteiger partial charge in [0.05, 0.1) is 13.2 Å². The Labute approximate surface area is 153 Å². The maximum absolute atomic E-state index is 12.5. The van der Waals surface area contributed by atoms with E-state index >= 15 is 0 Å². The Balaban J connectivity index is 3.11. The average molecular weight is 365 g/mol. The van der Waals surface area contributed by atoms with Crippen LogP contribution in [0.1, 0.15) is 46.1 Å². The van der Waals surface area contributed by atoms with Gasteiger partial charge in [0.25, 0.3) is 5.91 Å². The fourth-order valence-electron chi connectivity index (χ4n) is 2.05. The Morgan fingerprint density at radius 2 is 1.88 bits per heavy atom. The fraction of sp³-hybridized carbons (Fsp3) is 0.556. The third-order valence-electron chi connectivity index (χ3n) is 3.37. The zero-order valence-corrected chi connectivity index (χ0v) is 15.8. The molecule has 1 rings (SSSR count). The van der Waals surface area contributed by atoms with E-state index in [-0.39, 0.29) is 25.5 Å². The summed E-state index contributed by atoms with van der Waals surface area (Å²) in [5, 5.41) is 5.37. The topological polar surface area (TPSA) is 101 Å². The lowest BCUT2D eigenvalue weighted by Gasteiger charge is -2.19. The van der Waals surface area contributed by atoms with Crippen LogP contribution in [0.25, 0.3) is 0 Å². The second-order valence-electron chi connectivity index (χ2n) is 5.95. The van der Waals surface area contributed by atoms with Crippen molar-refractivity contribution in [1.29, 1.82) is 0 Å². The molecule has 8 nitrogen and oxygen atoms in total. The van der Waals surface area contributed by atoms with Crippen LogP contribution in [0.2, 0.25) is 0 Å². The Hall–Kier alpha value is -2.64. The third kappa shape index (κ3) is 7.08. The molecule has 0 bridgehead atoms. The molecule has 0 unspecified atom stereocenters. The minimum absolute atomic E-state index is 0.00839. The van der Waals surface area contributed by atoms with Gasteiger partial charge in [-0.25, -0.2) is 9.80 Å². The van der Waals surface area contributed by atoms with Gasteiger partial charge in [-0.15, -0.1) is 0 Å². The van der Waals surface area contributed by atoms with Gasteiger partial charge in [-0.1, -0.05) is 13.8 Å². The number of nitrogens with one attached hydrogen (secondary N) is 1. The normalized spacial score (nSPS) is 11.3. The number of hydrogen-bond donors (Lipinski definition) is 1. The smallest absolute Gasteiger partial charge is 0.359 e. The molecule has 1 aromatic heterocycles. The number of amides is 1. The molecule has 0 atom stereocenters. The SMILES string of the molecule is CCOC(=O)CC(=O)N(CCC(C)C)N=C(C(=O)OCC)c1cc[nH]c1. The van der Waals surface area contributed by atoms with Gasteiger partial charge in [-0.3, -0.25) is 9.59 Å². The van der Waals surface area contributed by atoms with Gasteiger partial charge in [0, 0.05) is 24.5 Å². The van der Waals surface area contributed by atoms with Crippen molar-refractivity contribution in [2.24, 2.45) is 11.0 Å². The van der Waals surface area contributed by atoms with E-state index in [1.54, 1.807) is 32.3 Å².